The second kappa shape index (κ2) is 10.7. The summed E-state index contributed by atoms with van der Waals surface area (Å²) in [5, 5.41) is 11.6. The lowest BCUT2D eigenvalue weighted by Gasteiger charge is -2.27. The Balaban J connectivity index is 1.97. The SMILES string of the molecule is CCOc1ccc(/C(O)=C2/C(=O)C(=O)N(c3cccc(C(F)(F)F)c3)C2c2cccc(OC)c2)cc1C(C)(C)C. The van der Waals surface area contributed by atoms with Crippen LogP contribution in [0.5, 0.6) is 11.5 Å². The number of amides is 1. The zero-order valence-corrected chi connectivity index (χ0v) is 22.8. The third kappa shape index (κ3) is 5.41. The predicted octanol–water partition coefficient (Wildman–Crippen LogP) is 7.04. The molecule has 1 saturated heterocycles. The molecule has 1 N–H and O–H groups in total. The van der Waals surface area contributed by atoms with E-state index in [4.69, 9.17) is 9.47 Å². The van der Waals surface area contributed by atoms with Gasteiger partial charge in [-0.05, 0) is 66.4 Å². The molecule has 1 amide bonds. The van der Waals surface area contributed by atoms with Gasteiger partial charge in [0, 0.05) is 16.8 Å². The molecule has 9 heteroatoms. The zero-order chi connectivity index (χ0) is 29.4. The highest BCUT2D eigenvalue weighted by molar-refractivity contribution is 6.51. The molecule has 0 spiro atoms. The topological polar surface area (TPSA) is 76.1 Å². The first-order valence-electron chi connectivity index (χ1n) is 12.7. The Hall–Kier alpha value is -4.27. The number of benzene rings is 3. The fraction of sp³-hybridized carbons (Fsp3) is 0.290. The van der Waals surface area contributed by atoms with Gasteiger partial charge in [-0.2, -0.15) is 13.2 Å². The number of Topliss-reactive ketones (excluding diaryl/α,β-unsaturated/α-hetero) is 1. The van der Waals surface area contributed by atoms with Crippen molar-refractivity contribution in [2.75, 3.05) is 18.6 Å². The van der Waals surface area contributed by atoms with E-state index in [0.717, 1.165) is 22.6 Å². The minimum absolute atomic E-state index is 0.133. The second-order valence-corrected chi connectivity index (χ2v) is 10.4. The number of hydrogen-bond donors (Lipinski definition) is 1. The van der Waals surface area contributed by atoms with Crippen molar-refractivity contribution in [1.29, 1.82) is 0 Å². The van der Waals surface area contributed by atoms with Crippen molar-refractivity contribution in [3.63, 3.8) is 0 Å². The van der Waals surface area contributed by atoms with E-state index in [1.807, 2.05) is 27.7 Å². The van der Waals surface area contributed by atoms with E-state index in [2.05, 4.69) is 0 Å². The molecule has 1 aliphatic rings. The van der Waals surface area contributed by atoms with Gasteiger partial charge in [0.05, 0.1) is 30.9 Å². The lowest BCUT2D eigenvalue weighted by atomic mass is 9.84. The van der Waals surface area contributed by atoms with Crippen LogP contribution in [0.1, 0.15) is 56.0 Å². The third-order valence-corrected chi connectivity index (χ3v) is 6.67. The van der Waals surface area contributed by atoms with Gasteiger partial charge in [0.15, 0.2) is 0 Å². The maximum absolute atomic E-state index is 13.5. The summed E-state index contributed by atoms with van der Waals surface area (Å²) in [6.07, 6.45) is -4.67. The normalized spacial score (nSPS) is 17.3. The second-order valence-electron chi connectivity index (χ2n) is 10.4. The van der Waals surface area contributed by atoms with Gasteiger partial charge in [-0.25, -0.2) is 0 Å². The van der Waals surface area contributed by atoms with Crippen LogP contribution in [0.3, 0.4) is 0 Å². The van der Waals surface area contributed by atoms with Crippen LogP contribution in [-0.4, -0.2) is 30.5 Å². The van der Waals surface area contributed by atoms with E-state index >= 15 is 0 Å². The van der Waals surface area contributed by atoms with Crippen molar-refractivity contribution in [2.45, 2.75) is 45.3 Å². The van der Waals surface area contributed by atoms with Crippen LogP contribution in [0, 0.1) is 0 Å². The van der Waals surface area contributed by atoms with Gasteiger partial charge in [0.1, 0.15) is 17.3 Å². The van der Waals surface area contributed by atoms with Crippen LogP contribution in [0.25, 0.3) is 5.76 Å². The summed E-state index contributed by atoms with van der Waals surface area (Å²) in [6, 6.07) is 14.4. The molecule has 0 saturated carbocycles. The molecule has 6 nitrogen and oxygen atoms in total. The molecule has 3 aromatic carbocycles. The highest BCUT2D eigenvalue weighted by Gasteiger charge is 2.47. The molecule has 0 bridgehead atoms. The van der Waals surface area contributed by atoms with Gasteiger partial charge in [-0.3, -0.25) is 14.5 Å². The Bertz CT molecular complexity index is 1490. The van der Waals surface area contributed by atoms with Crippen molar-refractivity contribution in [3.8, 4) is 11.5 Å². The zero-order valence-electron chi connectivity index (χ0n) is 22.8. The van der Waals surface area contributed by atoms with Gasteiger partial charge in [-0.1, -0.05) is 39.0 Å². The average molecular weight is 554 g/mol. The molecule has 0 radical (unpaired) electrons. The van der Waals surface area contributed by atoms with Gasteiger partial charge >= 0.3 is 6.18 Å². The Morgan fingerprint density at radius 2 is 1.68 bits per heavy atom. The average Bonchev–Trinajstić information content (AvgIpc) is 3.17. The first-order valence-corrected chi connectivity index (χ1v) is 12.7. The van der Waals surface area contributed by atoms with E-state index < -0.39 is 40.6 Å². The molecule has 1 aliphatic heterocycles. The van der Waals surface area contributed by atoms with Crippen molar-refractivity contribution in [2.24, 2.45) is 0 Å². The Labute approximate surface area is 230 Å². The molecular weight excluding hydrogens is 523 g/mol. The predicted molar refractivity (Wildman–Crippen MR) is 146 cm³/mol. The number of alkyl halides is 3. The van der Waals surface area contributed by atoms with Crippen LogP contribution < -0.4 is 14.4 Å². The number of hydrogen-bond acceptors (Lipinski definition) is 5. The quantitative estimate of drug-likeness (QED) is 0.201. The van der Waals surface area contributed by atoms with Crippen LogP contribution in [0.15, 0.2) is 72.3 Å². The maximum Gasteiger partial charge on any atom is 0.416 e. The lowest BCUT2D eigenvalue weighted by Crippen LogP contribution is -2.29. The van der Waals surface area contributed by atoms with Crippen molar-refractivity contribution >= 4 is 23.1 Å². The molecule has 1 fully saturated rings. The van der Waals surface area contributed by atoms with Crippen LogP contribution in [-0.2, 0) is 21.2 Å². The number of halogens is 3. The molecular formula is C31H30F3NO5. The Morgan fingerprint density at radius 3 is 2.30 bits per heavy atom. The standard InChI is InChI=1S/C31H30F3NO5/c1-6-40-24-14-13-19(16-23(24)30(2,3)4)27(36)25-26(18-9-7-12-22(15-18)39-5)35(29(38)28(25)37)21-11-8-10-20(17-21)31(32,33)34/h7-17,26,36H,6H2,1-5H3/b27-25-. The molecule has 4 rings (SSSR count). The summed E-state index contributed by atoms with van der Waals surface area (Å²) in [7, 11) is 1.44. The minimum atomic E-state index is -4.67. The van der Waals surface area contributed by atoms with E-state index in [0.29, 0.717) is 23.7 Å². The minimum Gasteiger partial charge on any atom is -0.507 e. The number of rotatable bonds is 6. The van der Waals surface area contributed by atoms with E-state index in [1.165, 1.54) is 19.2 Å². The molecule has 1 unspecified atom stereocenters. The molecule has 0 aromatic heterocycles. The maximum atomic E-state index is 13.5. The summed E-state index contributed by atoms with van der Waals surface area (Å²) < 4.78 is 51.7. The number of carbonyl (C=O) groups excluding carboxylic acids is 2. The number of aliphatic hydroxyl groups excluding tert-OH is 1. The molecule has 210 valence electrons. The van der Waals surface area contributed by atoms with Gasteiger partial charge in [0.25, 0.3) is 11.7 Å². The molecule has 3 aromatic rings. The van der Waals surface area contributed by atoms with Crippen LogP contribution in [0.4, 0.5) is 18.9 Å². The summed E-state index contributed by atoms with van der Waals surface area (Å²) in [6.45, 7) is 8.18. The summed E-state index contributed by atoms with van der Waals surface area (Å²) >= 11 is 0. The number of ether oxygens (including phenoxy) is 2. The summed E-state index contributed by atoms with van der Waals surface area (Å²) in [4.78, 5) is 27.9. The number of anilines is 1. The van der Waals surface area contributed by atoms with Gasteiger partial charge < -0.3 is 14.6 Å². The van der Waals surface area contributed by atoms with E-state index in [-0.39, 0.29) is 16.8 Å². The molecule has 1 atom stereocenters. The number of nitrogens with zero attached hydrogens (tertiary/aromatic N) is 1. The molecule has 40 heavy (non-hydrogen) atoms. The summed E-state index contributed by atoms with van der Waals surface area (Å²) in [5.74, 6) is -1.51. The first-order chi connectivity index (χ1) is 18.8. The number of ketones is 1. The summed E-state index contributed by atoms with van der Waals surface area (Å²) in [5.41, 5.74) is -0.341. The fourth-order valence-electron chi connectivity index (χ4n) is 4.76. The monoisotopic (exact) mass is 553 g/mol. The molecule has 0 aliphatic carbocycles. The smallest absolute Gasteiger partial charge is 0.416 e. The van der Waals surface area contributed by atoms with E-state index in [1.54, 1.807) is 42.5 Å². The van der Waals surface area contributed by atoms with Crippen LogP contribution in [0.2, 0.25) is 0 Å². The Kier molecular flexibility index (Phi) is 7.70. The Morgan fingerprint density at radius 1 is 0.975 bits per heavy atom. The van der Waals surface area contributed by atoms with Crippen molar-refractivity contribution < 1.29 is 37.3 Å². The highest BCUT2D eigenvalue weighted by atomic mass is 19.4. The van der Waals surface area contributed by atoms with Gasteiger partial charge in [-0.15, -0.1) is 0 Å². The number of methoxy groups -OCH3 is 1. The lowest BCUT2D eigenvalue weighted by molar-refractivity contribution is -0.137. The highest BCUT2D eigenvalue weighted by Crippen LogP contribution is 2.44. The first kappa shape index (κ1) is 28.7. The number of carbonyl (C=O) groups is 2. The van der Waals surface area contributed by atoms with Gasteiger partial charge in [0.2, 0.25) is 0 Å². The van der Waals surface area contributed by atoms with Crippen LogP contribution >= 0.6 is 0 Å². The van der Waals surface area contributed by atoms with E-state index in [9.17, 15) is 27.9 Å². The van der Waals surface area contributed by atoms with Crippen molar-refractivity contribution in [1.82, 2.24) is 0 Å². The fourth-order valence-corrected chi connectivity index (χ4v) is 4.76. The largest absolute Gasteiger partial charge is 0.507 e. The van der Waals surface area contributed by atoms with Crippen molar-refractivity contribution in [3.05, 3.63) is 94.6 Å². The third-order valence-electron chi connectivity index (χ3n) is 6.67. The molecule has 1 heterocycles. The number of aliphatic hydroxyl groups is 1.